The minimum atomic E-state index is -1.65. The third-order valence-corrected chi connectivity index (χ3v) is 11.3. The SMILES string of the molecule is CCCCC(CCCCCCCCCCCCCC(=O)OC)O[Si](C)(C)C(C)(C)C. The van der Waals surface area contributed by atoms with Crippen LogP contribution in [0.1, 0.15) is 130 Å². The summed E-state index contributed by atoms with van der Waals surface area (Å²) in [5, 5.41) is 0.304. The normalized spacial score (nSPS) is 13.4. The number of hydrogen-bond acceptors (Lipinski definition) is 3. The van der Waals surface area contributed by atoms with Crippen LogP contribution < -0.4 is 0 Å². The molecule has 0 aromatic rings. The maximum absolute atomic E-state index is 11.1. The number of ether oxygens (including phenoxy) is 1. The van der Waals surface area contributed by atoms with Crippen LogP contribution in [0, 0.1) is 0 Å². The summed E-state index contributed by atoms with van der Waals surface area (Å²) in [6, 6.07) is 0. The van der Waals surface area contributed by atoms with Crippen molar-refractivity contribution in [1.29, 1.82) is 0 Å². The molecule has 0 bridgehead atoms. The lowest BCUT2D eigenvalue weighted by Crippen LogP contribution is -2.44. The molecule has 0 aliphatic heterocycles. The van der Waals surface area contributed by atoms with Gasteiger partial charge in [0.15, 0.2) is 8.32 Å². The first-order valence-electron chi connectivity index (χ1n) is 12.9. The van der Waals surface area contributed by atoms with Crippen molar-refractivity contribution < 1.29 is 14.0 Å². The Kier molecular flexibility index (Phi) is 17.0. The molecule has 0 N–H and O–H groups in total. The molecule has 4 heteroatoms. The van der Waals surface area contributed by atoms with Gasteiger partial charge in [0.2, 0.25) is 0 Å². The van der Waals surface area contributed by atoms with Crippen LogP contribution in [0.2, 0.25) is 18.1 Å². The van der Waals surface area contributed by atoms with Crippen LogP contribution >= 0.6 is 0 Å². The molecule has 1 atom stereocenters. The molecule has 0 aliphatic rings. The first kappa shape index (κ1) is 29.6. The molecule has 0 saturated heterocycles. The molecule has 180 valence electrons. The Morgan fingerprint density at radius 2 is 1.20 bits per heavy atom. The summed E-state index contributed by atoms with van der Waals surface area (Å²) in [4.78, 5) is 11.1. The number of hydrogen-bond donors (Lipinski definition) is 0. The van der Waals surface area contributed by atoms with Gasteiger partial charge in [-0.05, 0) is 37.4 Å². The van der Waals surface area contributed by atoms with E-state index in [1.165, 1.54) is 90.6 Å². The second-order valence-corrected chi connectivity index (χ2v) is 15.4. The molecule has 0 fully saturated rings. The summed E-state index contributed by atoms with van der Waals surface area (Å²) in [5.41, 5.74) is 0. The highest BCUT2D eigenvalue weighted by molar-refractivity contribution is 6.74. The van der Waals surface area contributed by atoms with Crippen molar-refractivity contribution in [3.05, 3.63) is 0 Å². The molecule has 3 nitrogen and oxygen atoms in total. The van der Waals surface area contributed by atoms with E-state index in [1.807, 2.05) is 0 Å². The van der Waals surface area contributed by atoms with Crippen LogP contribution in [-0.4, -0.2) is 27.5 Å². The maximum atomic E-state index is 11.1. The minimum absolute atomic E-state index is 0.0711. The van der Waals surface area contributed by atoms with E-state index in [4.69, 9.17) is 4.43 Å². The van der Waals surface area contributed by atoms with Gasteiger partial charge >= 0.3 is 5.97 Å². The number of unbranched alkanes of at least 4 members (excludes halogenated alkanes) is 11. The number of carbonyl (C=O) groups is 1. The Morgan fingerprint density at radius 3 is 1.63 bits per heavy atom. The zero-order chi connectivity index (χ0) is 22.9. The van der Waals surface area contributed by atoms with E-state index in [0.29, 0.717) is 17.6 Å². The summed E-state index contributed by atoms with van der Waals surface area (Å²) >= 11 is 0. The fraction of sp³-hybridized carbons (Fsp3) is 0.962. The van der Waals surface area contributed by atoms with Crippen LogP contribution in [0.3, 0.4) is 0 Å². The predicted octanol–water partition coefficient (Wildman–Crippen LogP) is 8.81. The zero-order valence-corrected chi connectivity index (χ0v) is 22.6. The average molecular weight is 443 g/mol. The molecular formula is C26H54O3Si. The smallest absolute Gasteiger partial charge is 0.305 e. The fourth-order valence-electron chi connectivity index (χ4n) is 3.62. The van der Waals surface area contributed by atoms with Crippen LogP contribution in [0.4, 0.5) is 0 Å². The van der Waals surface area contributed by atoms with Crippen molar-refractivity contribution in [2.75, 3.05) is 7.11 Å². The van der Waals surface area contributed by atoms with Gasteiger partial charge in [0, 0.05) is 12.5 Å². The van der Waals surface area contributed by atoms with Crippen molar-refractivity contribution in [3.63, 3.8) is 0 Å². The summed E-state index contributed by atoms with van der Waals surface area (Å²) in [6.07, 6.45) is 20.3. The lowest BCUT2D eigenvalue weighted by molar-refractivity contribution is -0.140. The molecule has 0 saturated carbocycles. The number of rotatable bonds is 19. The van der Waals surface area contributed by atoms with Gasteiger partial charge in [-0.25, -0.2) is 0 Å². The monoisotopic (exact) mass is 442 g/mol. The highest BCUT2D eigenvalue weighted by Gasteiger charge is 2.38. The van der Waals surface area contributed by atoms with Gasteiger partial charge in [0.1, 0.15) is 0 Å². The molecule has 30 heavy (non-hydrogen) atoms. The number of methoxy groups -OCH3 is 1. The van der Waals surface area contributed by atoms with Crippen molar-refractivity contribution in [2.45, 2.75) is 155 Å². The first-order valence-corrected chi connectivity index (χ1v) is 15.8. The van der Waals surface area contributed by atoms with Crippen LogP contribution in [0.25, 0.3) is 0 Å². The molecule has 0 rings (SSSR count). The lowest BCUT2D eigenvalue weighted by atomic mass is 10.0. The van der Waals surface area contributed by atoms with Crippen LogP contribution in [-0.2, 0) is 14.0 Å². The molecule has 0 aromatic heterocycles. The average Bonchev–Trinajstić information content (AvgIpc) is 2.67. The molecule has 1 unspecified atom stereocenters. The van der Waals surface area contributed by atoms with Gasteiger partial charge in [0.25, 0.3) is 0 Å². The zero-order valence-electron chi connectivity index (χ0n) is 21.6. The molecule has 0 aliphatic carbocycles. The van der Waals surface area contributed by atoms with E-state index in [0.717, 1.165) is 12.8 Å². The summed E-state index contributed by atoms with van der Waals surface area (Å²) in [6.45, 7) is 14.1. The topological polar surface area (TPSA) is 35.5 Å². The highest BCUT2D eigenvalue weighted by Crippen LogP contribution is 2.38. The predicted molar refractivity (Wildman–Crippen MR) is 134 cm³/mol. The lowest BCUT2D eigenvalue weighted by Gasteiger charge is -2.39. The highest BCUT2D eigenvalue weighted by atomic mass is 28.4. The minimum Gasteiger partial charge on any atom is -0.469 e. The van der Waals surface area contributed by atoms with Crippen molar-refractivity contribution in [2.24, 2.45) is 0 Å². The summed E-state index contributed by atoms with van der Waals surface area (Å²) in [7, 11) is -0.183. The van der Waals surface area contributed by atoms with Crippen LogP contribution in [0.5, 0.6) is 0 Å². The Morgan fingerprint density at radius 1 is 0.767 bits per heavy atom. The molecule has 0 radical (unpaired) electrons. The Balaban J connectivity index is 3.74. The van der Waals surface area contributed by atoms with Gasteiger partial charge in [-0.3, -0.25) is 4.79 Å². The Hall–Kier alpha value is -0.353. The van der Waals surface area contributed by atoms with E-state index >= 15 is 0 Å². The van der Waals surface area contributed by atoms with E-state index in [-0.39, 0.29) is 5.97 Å². The van der Waals surface area contributed by atoms with E-state index in [2.05, 4.69) is 45.5 Å². The molecular weight excluding hydrogens is 388 g/mol. The third-order valence-electron chi connectivity index (χ3n) is 6.78. The van der Waals surface area contributed by atoms with Crippen molar-refractivity contribution in [1.82, 2.24) is 0 Å². The van der Waals surface area contributed by atoms with Crippen molar-refractivity contribution in [3.8, 4) is 0 Å². The fourth-order valence-corrected chi connectivity index (χ4v) is 5.04. The summed E-state index contributed by atoms with van der Waals surface area (Å²) in [5.74, 6) is -0.0711. The third kappa shape index (κ3) is 15.4. The first-order chi connectivity index (χ1) is 14.1. The van der Waals surface area contributed by atoms with E-state index < -0.39 is 8.32 Å². The number of esters is 1. The molecule has 0 aromatic carbocycles. The van der Waals surface area contributed by atoms with Gasteiger partial charge in [-0.2, -0.15) is 0 Å². The second-order valence-electron chi connectivity index (χ2n) is 10.6. The van der Waals surface area contributed by atoms with E-state index in [9.17, 15) is 4.79 Å². The standard InChI is InChI=1S/C26H54O3Si/c1-8-9-21-24(29-30(6,7)26(2,3)4)22-19-17-15-13-11-10-12-14-16-18-20-23-25(27)28-5/h24H,8-23H2,1-7H3. The maximum Gasteiger partial charge on any atom is 0.305 e. The number of carbonyl (C=O) groups excluding carboxylic acids is 1. The Bertz CT molecular complexity index is 415. The largest absolute Gasteiger partial charge is 0.469 e. The molecule has 0 heterocycles. The molecule has 0 amide bonds. The molecule has 0 spiro atoms. The summed E-state index contributed by atoms with van der Waals surface area (Å²) < 4.78 is 11.4. The van der Waals surface area contributed by atoms with Crippen molar-refractivity contribution >= 4 is 14.3 Å². The van der Waals surface area contributed by atoms with Gasteiger partial charge in [0.05, 0.1) is 7.11 Å². The van der Waals surface area contributed by atoms with Gasteiger partial charge < -0.3 is 9.16 Å². The van der Waals surface area contributed by atoms with E-state index in [1.54, 1.807) is 0 Å². The van der Waals surface area contributed by atoms with Crippen LogP contribution in [0.15, 0.2) is 0 Å². The quantitative estimate of drug-likeness (QED) is 0.114. The Labute approximate surface area is 190 Å². The second kappa shape index (κ2) is 17.2. The van der Waals surface area contributed by atoms with Gasteiger partial charge in [-0.1, -0.05) is 105 Å². The van der Waals surface area contributed by atoms with Gasteiger partial charge in [-0.15, -0.1) is 0 Å².